The number of carbonyl (C=O) groups is 6. The first-order valence-corrected chi connectivity index (χ1v) is 22.4. The van der Waals surface area contributed by atoms with Crippen molar-refractivity contribution in [3.8, 4) is 11.8 Å². The topological polar surface area (TPSA) is 244 Å². The first-order chi connectivity index (χ1) is 30.8. The van der Waals surface area contributed by atoms with Crippen molar-refractivity contribution in [3.05, 3.63) is 36.0 Å². The Balaban J connectivity index is 0.835. The number of nitrogens with zero attached hydrogens (tertiary/aromatic N) is 9. The Morgan fingerprint density at radius 3 is 1.88 bits per heavy atom. The zero-order valence-electron chi connectivity index (χ0n) is 36.3. The predicted octanol–water partition coefficient (Wildman–Crippen LogP) is -0.355. The maximum atomic E-state index is 13.6. The summed E-state index contributed by atoms with van der Waals surface area (Å²) in [5, 5.41) is 41.3. The number of aromatic nitrogens is 1. The fourth-order valence-electron chi connectivity index (χ4n) is 9.55. The molecule has 0 spiro atoms. The minimum Gasteiger partial charge on any atom is -0.488 e. The van der Waals surface area contributed by atoms with Gasteiger partial charge in [-0.15, -0.1) is 0 Å². The van der Waals surface area contributed by atoms with Crippen molar-refractivity contribution in [3.63, 3.8) is 0 Å². The van der Waals surface area contributed by atoms with Gasteiger partial charge < -0.3 is 35.2 Å². The van der Waals surface area contributed by atoms with Crippen LogP contribution in [0.2, 0.25) is 0 Å². The van der Waals surface area contributed by atoms with Gasteiger partial charge in [0.1, 0.15) is 17.9 Å². The van der Waals surface area contributed by atoms with Crippen LogP contribution < -0.4 is 10.1 Å². The van der Waals surface area contributed by atoms with E-state index in [0.29, 0.717) is 106 Å². The van der Waals surface area contributed by atoms with Gasteiger partial charge >= 0.3 is 17.9 Å². The van der Waals surface area contributed by atoms with Crippen LogP contribution in [0.5, 0.6) is 5.75 Å². The summed E-state index contributed by atoms with van der Waals surface area (Å²) in [6.07, 6.45) is 5.96. The lowest BCUT2D eigenvalue weighted by Gasteiger charge is -2.40. The number of nitrogens with one attached hydrogen (secondary N) is 1. The molecule has 3 amide bonds. The second-order valence-corrected chi connectivity index (χ2v) is 17.9. The number of hydrogen-bond donors (Lipinski definition) is 4. The number of carbonyl (C=O) groups excluding carboxylic acids is 3. The summed E-state index contributed by atoms with van der Waals surface area (Å²) < 4.78 is 6.31. The second kappa shape index (κ2) is 21.5. The fourth-order valence-corrected chi connectivity index (χ4v) is 9.55. The number of rotatable bonds is 16. The summed E-state index contributed by atoms with van der Waals surface area (Å²) in [5.41, 5.74) is 1.03. The highest BCUT2D eigenvalue weighted by atomic mass is 16.5. The van der Waals surface area contributed by atoms with E-state index in [-0.39, 0.29) is 62.6 Å². The van der Waals surface area contributed by atoms with E-state index in [1.807, 2.05) is 28.0 Å². The van der Waals surface area contributed by atoms with Gasteiger partial charge in [-0.1, -0.05) is 0 Å². The molecule has 4 N–H and O–H groups in total. The van der Waals surface area contributed by atoms with Gasteiger partial charge in [0.2, 0.25) is 11.8 Å². The smallest absolute Gasteiger partial charge is 0.317 e. The summed E-state index contributed by atoms with van der Waals surface area (Å²) in [7, 11) is 0. The summed E-state index contributed by atoms with van der Waals surface area (Å²) in [4.78, 5) is 92.0. The van der Waals surface area contributed by atoms with E-state index in [0.717, 1.165) is 45.3 Å². The lowest BCUT2D eigenvalue weighted by Crippen LogP contribution is -2.54. The van der Waals surface area contributed by atoms with E-state index in [1.165, 1.54) is 0 Å². The van der Waals surface area contributed by atoms with Crippen LogP contribution in [-0.2, 0) is 24.0 Å². The molecule has 20 heteroatoms. The van der Waals surface area contributed by atoms with Gasteiger partial charge in [-0.3, -0.25) is 58.3 Å². The van der Waals surface area contributed by atoms with Gasteiger partial charge in [-0.05, 0) is 74.8 Å². The Hall–Kier alpha value is -5.46. The number of fused-ring (bicyclic) bond motifs is 2. The normalized spacial score (nSPS) is 23.6. The lowest BCUT2D eigenvalue weighted by atomic mass is 9.92. The highest BCUT2D eigenvalue weighted by Gasteiger charge is 2.54. The molecule has 1 aromatic carbocycles. The molecule has 5 fully saturated rings. The molecule has 4 saturated heterocycles. The van der Waals surface area contributed by atoms with Crippen LogP contribution >= 0.6 is 0 Å². The first-order valence-electron chi connectivity index (χ1n) is 22.4. The van der Waals surface area contributed by atoms with Gasteiger partial charge in [0, 0.05) is 96.2 Å². The molecule has 1 aromatic heterocycles. The molecule has 346 valence electrons. The van der Waals surface area contributed by atoms with E-state index in [9.17, 15) is 49.3 Å². The van der Waals surface area contributed by atoms with E-state index in [4.69, 9.17) is 4.74 Å². The monoisotopic (exact) mass is 888 g/mol. The van der Waals surface area contributed by atoms with E-state index in [1.54, 1.807) is 31.9 Å². The Kier molecular flexibility index (Phi) is 15.6. The van der Waals surface area contributed by atoms with Crippen LogP contribution in [0.1, 0.15) is 42.5 Å². The van der Waals surface area contributed by atoms with Crippen LogP contribution in [0.4, 0.5) is 0 Å². The van der Waals surface area contributed by atoms with Gasteiger partial charge in [0.15, 0.2) is 0 Å². The summed E-state index contributed by atoms with van der Waals surface area (Å²) >= 11 is 0. The molecule has 1 aliphatic carbocycles. The number of nitriles is 1. The van der Waals surface area contributed by atoms with Crippen molar-refractivity contribution in [2.24, 2.45) is 11.8 Å². The number of hydrogen-bond acceptors (Lipinski definition) is 14. The molecular formula is C44H60N10O10. The Morgan fingerprint density at radius 1 is 0.734 bits per heavy atom. The zero-order chi connectivity index (χ0) is 45.3. The van der Waals surface area contributed by atoms with Crippen LogP contribution in [0.3, 0.4) is 0 Å². The third-order valence-electron chi connectivity index (χ3n) is 13.3. The van der Waals surface area contributed by atoms with Crippen molar-refractivity contribution in [1.29, 1.82) is 5.26 Å². The van der Waals surface area contributed by atoms with E-state index < -0.39 is 23.9 Å². The molecule has 5 aliphatic rings. The van der Waals surface area contributed by atoms with E-state index >= 15 is 0 Å². The lowest BCUT2D eigenvalue weighted by molar-refractivity contribution is -0.141. The molecule has 0 bridgehead atoms. The Morgan fingerprint density at radius 2 is 1.31 bits per heavy atom. The minimum atomic E-state index is -1.01. The largest absolute Gasteiger partial charge is 0.488 e. The maximum absolute atomic E-state index is 13.6. The van der Waals surface area contributed by atoms with Crippen LogP contribution in [0.15, 0.2) is 30.5 Å². The van der Waals surface area contributed by atoms with Crippen molar-refractivity contribution < 1.29 is 48.8 Å². The molecule has 0 radical (unpaired) electrons. The van der Waals surface area contributed by atoms with Crippen LogP contribution in [0, 0.1) is 23.2 Å². The van der Waals surface area contributed by atoms with Crippen LogP contribution in [-0.4, -0.2) is 226 Å². The number of amides is 3. The minimum absolute atomic E-state index is 0.00639. The van der Waals surface area contributed by atoms with Crippen molar-refractivity contribution in [2.45, 2.75) is 50.3 Å². The number of likely N-dealkylation sites (tertiary alicyclic amines) is 3. The van der Waals surface area contributed by atoms with Gasteiger partial charge in [-0.25, -0.2) is 0 Å². The van der Waals surface area contributed by atoms with Gasteiger partial charge in [0.05, 0.1) is 49.9 Å². The van der Waals surface area contributed by atoms with E-state index in [2.05, 4.69) is 21.3 Å². The number of carboxylic acids is 3. The Bertz CT molecular complexity index is 2040. The quantitative estimate of drug-likeness (QED) is 0.168. The number of piperidine rings is 2. The molecule has 5 heterocycles. The number of aliphatic carboxylic acids is 3. The van der Waals surface area contributed by atoms with Crippen molar-refractivity contribution in [1.82, 2.24) is 44.6 Å². The molecule has 1 saturated carbocycles. The van der Waals surface area contributed by atoms with Crippen molar-refractivity contribution >= 4 is 46.5 Å². The fraction of sp³-hybridized carbons (Fsp3) is 0.636. The third-order valence-corrected chi connectivity index (χ3v) is 13.3. The number of ether oxygens (including phenoxy) is 1. The molecule has 7 rings (SSSR count). The Labute approximate surface area is 372 Å². The summed E-state index contributed by atoms with van der Waals surface area (Å²) in [6.45, 7) is 5.84. The van der Waals surface area contributed by atoms with Gasteiger partial charge in [-0.2, -0.15) is 5.26 Å². The van der Waals surface area contributed by atoms with Crippen molar-refractivity contribution in [2.75, 3.05) is 118 Å². The number of carboxylic acid groups (broad SMARTS) is 3. The maximum Gasteiger partial charge on any atom is 0.317 e. The predicted molar refractivity (Wildman–Crippen MR) is 230 cm³/mol. The van der Waals surface area contributed by atoms with Gasteiger partial charge in [0.25, 0.3) is 5.91 Å². The highest BCUT2D eigenvalue weighted by molar-refractivity contribution is 6.07. The first kappa shape index (κ1) is 46.5. The second-order valence-electron chi connectivity index (χ2n) is 17.9. The number of pyridine rings is 1. The molecular weight excluding hydrogens is 829 g/mol. The average molecular weight is 889 g/mol. The zero-order valence-corrected chi connectivity index (χ0v) is 36.3. The third kappa shape index (κ3) is 12.6. The summed E-state index contributed by atoms with van der Waals surface area (Å²) in [5.74, 6) is -2.13. The summed E-state index contributed by atoms with van der Waals surface area (Å²) in [6, 6.07) is 9.01. The molecule has 4 aliphatic heterocycles. The molecule has 20 nitrogen and oxygen atoms in total. The molecule has 64 heavy (non-hydrogen) atoms. The SMILES string of the molecule is N#C[C@@H]1C[C@@H]2C[C@@H]2N1C(=O)CNC(=O)c1ccnc2ccc(OC3CN(CCC4CCN(C(=O)CN5CCN(CC(=O)O)CCN(CC(=O)O)CCN(CC(=O)O)CC5)CC4)C3)cc12. The number of benzene rings is 1. The highest BCUT2D eigenvalue weighted by Crippen LogP contribution is 2.47. The molecule has 0 unspecified atom stereocenters. The standard InChI is InChI=1S/C44H60N10O10/c45-22-32-19-31-20-38(31)54(32)39(55)23-47-44(63)35-3-7-46-37-2-1-33(21-36(35)37)64-34-24-52(25-34)8-4-30-5-9-53(10-6-30)40(56)26-48-11-13-49(27-41(57)58)15-17-51(29-43(61)62)18-16-50(14-12-48)28-42(59)60/h1-3,7,21,30-32,34,38H,4-6,8-20,23-29H2,(H,47,63)(H,57,58)(H,59,60)(H,61,62)/t31-,32+,38+/m1/s1. The van der Waals surface area contributed by atoms with Crippen LogP contribution in [0.25, 0.3) is 10.9 Å². The molecule has 3 atom stereocenters. The molecule has 2 aromatic rings. The average Bonchev–Trinajstić information content (AvgIpc) is 3.91.